The molecule has 2 rings (SSSR count). The quantitative estimate of drug-likeness (QED) is 0.639. The van der Waals surface area contributed by atoms with Gasteiger partial charge in [-0.3, -0.25) is 4.79 Å². The summed E-state index contributed by atoms with van der Waals surface area (Å²) >= 11 is 1.69. The van der Waals surface area contributed by atoms with Gasteiger partial charge in [0.1, 0.15) is 0 Å². The van der Waals surface area contributed by atoms with Crippen LogP contribution in [0.3, 0.4) is 0 Å². The zero-order valence-electron chi connectivity index (χ0n) is 14.6. The molecule has 0 fully saturated rings. The van der Waals surface area contributed by atoms with Crippen LogP contribution in [0, 0.1) is 0 Å². The number of carbonyl (C=O) groups excluding carboxylic acids is 1. The second-order valence-corrected chi connectivity index (χ2v) is 6.72. The fourth-order valence-corrected chi connectivity index (χ4v) is 2.83. The number of nitrogens with two attached hydrogens (primary N) is 1. The molecule has 2 atom stereocenters. The second kappa shape index (κ2) is 11.0. The monoisotopic (exact) mass is 379 g/mol. The van der Waals surface area contributed by atoms with Gasteiger partial charge in [0.2, 0.25) is 5.91 Å². The number of rotatable bonds is 8. The molecule has 0 bridgehead atoms. The van der Waals surface area contributed by atoms with E-state index in [1.165, 1.54) is 5.56 Å². The summed E-state index contributed by atoms with van der Waals surface area (Å²) in [4.78, 5) is 12.0. The zero-order chi connectivity index (χ0) is 17.4. The van der Waals surface area contributed by atoms with E-state index in [0.717, 1.165) is 17.1 Å². The van der Waals surface area contributed by atoms with Crippen LogP contribution in [0.15, 0.2) is 54.6 Å². The molecule has 0 aromatic heterocycles. The molecular formula is C19H26ClN3OS. The first-order valence-corrected chi connectivity index (χ1v) is 9.46. The van der Waals surface area contributed by atoms with Crippen LogP contribution in [0.25, 0.3) is 0 Å². The van der Waals surface area contributed by atoms with E-state index in [4.69, 9.17) is 5.73 Å². The zero-order valence-corrected chi connectivity index (χ0v) is 16.2. The molecular weight excluding hydrogens is 354 g/mol. The van der Waals surface area contributed by atoms with Gasteiger partial charge in [0.25, 0.3) is 0 Å². The topological polar surface area (TPSA) is 67.2 Å². The Bertz CT molecular complexity index is 637. The van der Waals surface area contributed by atoms with Crippen molar-refractivity contribution in [1.82, 2.24) is 0 Å². The molecule has 2 aromatic carbocycles. The molecule has 0 spiro atoms. The van der Waals surface area contributed by atoms with Crippen LogP contribution in [-0.4, -0.2) is 24.0 Å². The minimum atomic E-state index is -0.464. The third kappa shape index (κ3) is 6.98. The Morgan fingerprint density at radius 2 is 1.68 bits per heavy atom. The van der Waals surface area contributed by atoms with E-state index in [1.54, 1.807) is 11.8 Å². The minimum Gasteiger partial charge on any atom is -0.379 e. The fourth-order valence-electron chi connectivity index (χ4n) is 2.34. The van der Waals surface area contributed by atoms with E-state index < -0.39 is 6.04 Å². The predicted octanol–water partition coefficient (Wildman–Crippen LogP) is 4.30. The molecule has 4 N–H and O–H groups in total. The molecule has 0 saturated heterocycles. The summed E-state index contributed by atoms with van der Waals surface area (Å²) in [6.45, 7) is 2.12. The van der Waals surface area contributed by atoms with Gasteiger partial charge >= 0.3 is 0 Å². The number of halogens is 1. The van der Waals surface area contributed by atoms with E-state index in [-0.39, 0.29) is 24.4 Å². The summed E-state index contributed by atoms with van der Waals surface area (Å²) in [6.07, 6.45) is 2.69. The highest BCUT2D eigenvalue weighted by Gasteiger charge is 2.13. The highest BCUT2D eigenvalue weighted by Crippen LogP contribution is 2.20. The third-order valence-corrected chi connectivity index (χ3v) is 4.45. The standard InChI is InChI=1S/C19H25N3OS.ClH/c1-14(15-6-4-3-5-7-15)21-16-8-10-17(11-9-16)22-19(23)18(20)12-13-24-2;/h3-11,14,18,21H,12-13,20H2,1-2H3,(H,22,23);1H/t14?,18-;/m0./s1. The van der Waals surface area contributed by atoms with Crippen LogP contribution in [0.2, 0.25) is 0 Å². The normalized spacial score (nSPS) is 12.6. The Balaban J connectivity index is 0.00000312. The summed E-state index contributed by atoms with van der Waals surface area (Å²) < 4.78 is 0. The lowest BCUT2D eigenvalue weighted by molar-refractivity contribution is -0.117. The van der Waals surface area contributed by atoms with Crippen molar-refractivity contribution >= 4 is 41.5 Å². The molecule has 1 amide bonds. The van der Waals surface area contributed by atoms with E-state index in [0.29, 0.717) is 6.42 Å². The van der Waals surface area contributed by atoms with Crippen molar-refractivity contribution in [3.05, 3.63) is 60.2 Å². The molecule has 0 heterocycles. The van der Waals surface area contributed by atoms with Crippen molar-refractivity contribution in [2.24, 2.45) is 5.73 Å². The second-order valence-electron chi connectivity index (χ2n) is 5.73. The lowest BCUT2D eigenvalue weighted by Gasteiger charge is -2.16. The highest BCUT2D eigenvalue weighted by molar-refractivity contribution is 7.98. The maximum Gasteiger partial charge on any atom is 0.241 e. The molecule has 0 aliphatic rings. The number of hydrogen-bond donors (Lipinski definition) is 3. The number of nitrogens with one attached hydrogen (secondary N) is 2. The third-order valence-electron chi connectivity index (χ3n) is 3.80. The maximum absolute atomic E-state index is 12.0. The molecule has 6 heteroatoms. The smallest absolute Gasteiger partial charge is 0.241 e. The number of amides is 1. The first-order valence-electron chi connectivity index (χ1n) is 8.07. The van der Waals surface area contributed by atoms with E-state index in [1.807, 2.05) is 48.7 Å². The Morgan fingerprint density at radius 1 is 1.08 bits per heavy atom. The largest absolute Gasteiger partial charge is 0.379 e. The van der Waals surface area contributed by atoms with Crippen molar-refractivity contribution in [3.63, 3.8) is 0 Å². The van der Waals surface area contributed by atoms with Gasteiger partial charge in [0.15, 0.2) is 0 Å². The SMILES string of the molecule is CSCC[C@H](N)C(=O)Nc1ccc(NC(C)c2ccccc2)cc1.Cl. The molecule has 0 radical (unpaired) electrons. The van der Waals surface area contributed by atoms with Crippen LogP contribution in [0.1, 0.15) is 24.9 Å². The minimum absolute atomic E-state index is 0. The number of benzene rings is 2. The molecule has 136 valence electrons. The van der Waals surface area contributed by atoms with Crippen molar-refractivity contribution in [2.45, 2.75) is 25.4 Å². The van der Waals surface area contributed by atoms with Gasteiger partial charge < -0.3 is 16.4 Å². The number of hydrogen-bond acceptors (Lipinski definition) is 4. The molecule has 1 unspecified atom stereocenters. The summed E-state index contributed by atoms with van der Waals surface area (Å²) in [6, 6.07) is 17.7. The van der Waals surface area contributed by atoms with Gasteiger partial charge in [-0.15, -0.1) is 12.4 Å². The average Bonchev–Trinajstić information content (AvgIpc) is 2.62. The lowest BCUT2D eigenvalue weighted by atomic mass is 10.1. The van der Waals surface area contributed by atoms with Crippen molar-refractivity contribution < 1.29 is 4.79 Å². The van der Waals surface area contributed by atoms with Crippen LogP contribution in [0.5, 0.6) is 0 Å². The van der Waals surface area contributed by atoms with Gasteiger partial charge in [-0.25, -0.2) is 0 Å². The first-order chi connectivity index (χ1) is 11.6. The lowest BCUT2D eigenvalue weighted by Crippen LogP contribution is -2.36. The highest BCUT2D eigenvalue weighted by atomic mass is 35.5. The van der Waals surface area contributed by atoms with Crippen LogP contribution in [0.4, 0.5) is 11.4 Å². The van der Waals surface area contributed by atoms with Gasteiger partial charge in [-0.05, 0) is 55.2 Å². The Morgan fingerprint density at radius 3 is 2.28 bits per heavy atom. The number of anilines is 2. The predicted molar refractivity (Wildman–Crippen MR) is 112 cm³/mol. The van der Waals surface area contributed by atoms with Gasteiger partial charge in [0.05, 0.1) is 6.04 Å². The van der Waals surface area contributed by atoms with Gasteiger partial charge in [-0.2, -0.15) is 11.8 Å². The van der Waals surface area contributed by atoms with Crippen molar-refractivity contribution in [2.75, 3.05) is 22.6 Å². The Hall–Kier alpha value is -1.69. The summed E-state index contributed by atoms with van der Waals surface area (Å²) in [5.74, 6) is 0.747. The fraction of sp³-hybridized carbons (Fsp3) is 0.316. The summed E-state index contributed by atoms with van der Waals surface area (Å²) in [5.41, 5.74) is 8.88. The average molecular weight is 380 g/mol. The molecule has 0 saturated carbocycles. The van der Waals surface area contributed by atoms with Crippen molar-refractivity contribution in [1.29, 1.82) is 0 Å². The first kappa shape index (κ1) is 21.4. The van der Waals surface area contributed by atoms with Gasteiger partial charge in [0, 0.05) is 17.4 Å². The van der Waals surface area contributed by atoms with E-state index >= 15 is 0 Å². The number of carbonyl (C=O) groups is 1. The molecule has 0 aliphatic heterocycles. The van der Waals surface area contributed by atoms with Crippen LogP contribution >= 0.6 is 24.2 Å². The van der Waals surface area contributed by atoms with E-state index in [2.05, 4.69) is 29.7 Å². The van der Waals surface area contributed by atoms with E-state index in [9.17, 15) is 4.79 Å². The molecule has 4 nitrogen and oxygen atoms in total. The molecule has 25 heavy (non-hydrogen) atoms. The van der Waals surface area contributed by atoms with Crippen LogP contribution in [-0.2, 0) is 4.79 Å². The Kier molecular flexibility index (Phi) is 9.42. The number of thioether (sulfide) groups is 1. The van der Waals surface area contributed by atoms with Crippen molar-refractivity contribution in [3.8, 4) is 0 Å². The molecule has 2 aromatic rings. The summed E-state index contributed by atoms with van der Waals surface area (Å²) in [7, 11) is 0. The maximum atomic E-state index is 12.0. The summed E-state index contributed by atoms with van der Waals surface area (Å²) in [5, 5.41) is 6.31. The molecule has 0 aliphatic carbocycles. The van der Waals surface area contributed by atoms with Crippen LogP contribution < -0.4 is 16.4 Å². The van der Waals surface area contributed by atoms with Gasteiger partial charge in [-0.1, -0.05) is 30.3 Å². The Labute approximate surface area is 160 Å².